The van der Waals surface area contributed by atoms with Gasteiger partial charge in [0.25, 0.3) is 0 Å². The van der Waals surface area contributed by atoms with Gasteiger partial charge in [0, 0.05) is 12.0 Å². The second-order valence-corrected chi connectivity index (χ2v) is 10.4. The first-order valence-electron chi connectivity index (χ1n) is 11.9. The van der Waals surface area contributed by atoms with Crippen LogP contribution in [0.4, 0.5) is 13.6 Å². The molecule has 0 amide bonds. The van der Waals surface area contributed by atoms with Crippen molar-refractivity contribution in [3.63, 3.8) is 0 Å². The molecular weight excluding hydrogens is 591 g/mol. The molecule has 216 valence electrons. The predicted octanol–water partition coefficient (Wildman–Crippen LogP) is 7.25. The Bertz CT molecular complexity index is 1290. The summed E-state index contributed by atoms with van der Waals surface area (Å²) >= 11 is 13.6. The largest absolute Gasteiger partial charge is 0.870 e. The number of carbonyl (C=O) groups excluding carboxylic acids is 1. The number of halogens is 4. The summed E-state index contributed by atoms with van der Waals surface area (Å²) in [5.41, 5.74) is 1.01. The van der Waals surface area contributed by atoms with E-state index in [0.717, 1.165) is 24.6 Å². The van der Waals surface area contributed by atoms with Gasteiger partial charge >= 0.3 is 11.9 Å². The highest BCUT2D eigenvalue weighted by molar-refractivity contribution is 8.13. The lowest BCUT2D eigenvalue weighted by Gasteiger charge is -2.21. The molecule has 40 heavy (non-hydrogen) atoms. The van der Waals surface area contributed by atoms with Gasteiger partial charge in [-0.05, 0) is 66.4 Å². The van der Waals surface area contributed by atoms with Gasteiger partial charge in [-0.25, -0.2) is 9.78 Å². The van der Waals surface area contributed by atoms with Crippen molar-refractivity contribution in [2.24, 2.45) is 5.92 Å². The van der Waals surface area contributed by atoms with Gasteiger partial charge in [-0.1, -0.05) is 29.3 Å². The highest BCUT2D eigenvalue weighted by Gasteiger charge is 2.27. The van der Waals surface area contributed by atoms with Gasteiger partial charge in [0.15, 0.2) is 23.9 Å². The van der Waals surface area contributed by atoms with Crippen molar-refractivity contribution in [1.82, 2.24) is 0 Å². The molecular formula is C27H27Cl2F2NO7S. The maximum Gasteiger partial charge on any atom is 0.387 e. The number of methoxy groups -OCH3 is 2. The lowest BCUT2D eigenvalue weighted by molar-refractivity contribution is -0.377. The number of hydrogen-bond acceptors (Lipinski definition) is 8. The number of thioether (sulfide) groups is 1. The van der Waals surface area contributed by atoms with E-state index < -0.39 is 18.0 Å². The molecule has 2 N–H and O–H groups in total. The summed E-state index contributed by atoms with van der Waals surface area (Å²) in [6.45, 7) is -2.66. The molecule has 0 radical (unpaired) electrons. The van der Waals surface area contributed by atoms with Crippen molar-refractivity contribution in [1.29, 1.82) is 0 Å². The third-order valence-electron chi connectivity index (χ3n) is 5.92. The Morgan fingerprint density at radius 3 is 2.35 bits per heavy atom. The van der Waals surface area contributed by atoms with E-state index in [2.05, 4.69) is 9.72 Å². The molecule has 4 rings (SSSR count). The Kier molecular flexibility index (Phi) is 11.5. The van der Waals surface area contributed by atoms with E-state index in [0.29, 0.717) is 50.1 Å². The smallest absolute Gasteiger partial charge is 0.387 e. The van der Waals surface area contributed by atoms with Gasteiger partial charge in [-0.15, -0.1) is 0 Å². The summed E-state index contributed by atoms with van der Waals surface area (Å²) in [5, 5.41) is 0.0386. The molecule has 8 nitrogen and oxygen atoms in total. The lowest BCUT2D eigenvalue weighted by atomic mass is 10.0. The Morgan fingerprint density at radius 1 is 1.02 bits per heavy atom. The van der Waals surface area contributed by atoms with Gasteiger partial charge in [0.05, 0.1) is 25.7 Å². The number of rotatable bonds is 12. The number of hydrogen-bond donors (Lipinski definition) is 0. The summed E-state index contributed by atoms with van der Waals surface area (Å²) < 4.78 is 53.1. The summed E-state index contributed by atoms with van der Waals surface area (Å²) in [5.74, 6) is 1.38. The molecule has 1 aliphatic rings. The summed E-state index contributed by atoms with van der Waals surface area (Å²) in [6, 6.07) is 9.47. The van der Waals surface area contributed by atoms with Crippen molar-refractivity contribution in [2.45, 2.75) is 36.9 Å². The minimum absolute atomic E-state index is 0. The third-order valence-corrected chi connectivity index (χ3v) is 7.39. The zero-order valence-electron chi connectivity index (χ0n) is 21.5. The van der Waals surface area contributed by atoms with Crippen molar-refractivity contribution >= 4 is 40.3 Å². The molecule has 0 aliphatic heterocycles. The summed E-state index contributed by atoms with van der Waals surface area (Å²) in [4.78, 5) is 16.5. The average molecular weight is 618 g/mol. The van der Waals surface area contributed by atoms with Crippen LogP contribution in [0.15, 0.2) is 53.7 Å². The topological polar surface area (TPSA) is 107 Å². The Morgan fingerprint density at radius 2 is 1.73 bits per heavy atom. The molecule has 1 saturated carbocycles. The Labute approximate surface area is 244 Å². The zero-order valence-corrected chi connectivity index (χ0v) is 23.8. The van der Waals surface area contributed by atoms with Crippen molar-refractivity contribution in [2.75, 3.05) is 20.8 Å². The van der Waals surface area contributed by atoms with Gasteiger partial charge in [0.1, 0.15) is 27.6 Å². The van der Waals surface area contributed by atoms with Crippen LogP contribution < -0.4 is 23.9 Å². The van der Waals surface area contributed by atoms with Crippen LogP contribution >= 0.6 is 35.0 Å². The molecule has 0 bridgehead atoms. The van der Waals surface area contributed by atoms with E-state index in [-0.39, 0.29) is 23.4 Å². The van der Waals surface area contributed by atoms with E-state index in [1.54, 1.807) is 30.6 Å². The maximum atomic E-state index is 13.2. The van der Waals surface area contributed by atoms with Crippen LogP contribution in [0.25, 0.3) is 0 Å². The van der Waals surface area contributed by atoms with Gasteiger partial charge < -0.3 is 29.2 Å². The molecule has 3 aromatic rings. The summed E-state index contributed by atoms with van der Waals surface area (Å²) in [6.07, 6.45) is 4.34. The molecule has 0 unspecified atom stereocenters. The molecule has 1 aliphatic carbocycles. The second kappa shape index (κ2) is 14.6. The average Bonchev–Trinajstić information content (AvgIpc) is 3.74. The minimum Gasteiger partial charge on any atom is -0.870 e. The monoisotopic (exact) mass is 617 g/mol. The number of aromatic nitrogens is 1. The van der Waals surface area contributed by atoms with Crippen LogP contribution in [0.5, 0.6) is 23.0 Å². The first-order valence-corrected chi connectivity index (χ1v) is 13.5. The second-order valence-electron chi connectivity index (χ2n) is 8.65. The predicted molar refractivity (Wildman–Crippen MR) is 145 cm³/mol. The molecule has 13 heteroatoms. The first-order chi connectivity index (χ1) is 18.8. The van der Waals surface area contributed by atoms with E-state index in [1.165, 1.54) is 32.4 Å². The number of H-pyrrole nitrogens is 1. The standard InChI is InChI=1S/C27H25Cl2F2NO6S.H2O/c1-34-17-6-8-22(35-2)25(10-17)39-27(33)38-23(11-18-19(28)12-32-13-20(18)29)16-5-7-21(37-26(30)31)24(9-16)36-14-15-3-4-15;/h5-10,12-13,15,23,26H,3-4,11,14H2,1-2H3;1H2/t23-;/m0./s1. The van der Waals surface area contributed by atoms with Crippen molar-refractivity contribution in [3.8, 4) is 23.0 Å². The number of ether oxygens (including phenoxy) is 5. The molecule has 1 heterocycles. The zero-order chi connectivity index (χ0) is 27.9. The fourth-order valence-electron chi connectivity index (χ4n) is 3.70. The van der Waals surface area contributed by atoms with E-state index >= 15 is 0 Å². The number of pyridine rings is 1. The van der Waals surface area contributed by atoms with E-state index in [9.17, 15) is 13.6 Å². The Balaban J connectivity index is 0.00000441. The highest BCUT2D eigenvalue weighted by Crippen LogP contribution is 2.40. The van der Waals surface area contributed by atoms with Crippen LogP contribution in [-0.4, -0.2) is 38.2 Å². The number of carbonyl (C=O) groups is 1. The number of benzene rings is 2. The molecule has 1 fully saturated rings. The van der Waals surface area contributed by atoms with Crippen LogP contribution in [-0.2, 0) is 11.2 Å². The molecule has 2 aromatic carbocycles. The van der Waals surface area contributed by atoms with Crippen molar-refractivity contribution < 1.29 is 47.7 Å². The van der Waals surface area contributed by atoms with Gasteiger partial charge in [-0.2, -0.15) is 8.78 Å². The van der Waals surface area contributed by atoms with E-state index in [4.69, 9.17) is 42.1 Å². The lowest BCUT2D eigenvalue weighted by Crippen LogP contribution is -2.14. The fourth-order valence-corrected chi connectivity index (χ4v) is 5.00. The number of aromatic amines is 1. The van der Waals surface area contributed by atoms with Gasteiger partial charge in [0.2, 0.25) is 0 Å². The van der Waals surface area contributed by atoms with Crippen LogP contribution in [0.1, 0.15) is 30.1 Å². The van der Waals surface area contributed by atoms with Crippen LogP contribution in [0.2, 0.25) is 10.0 Å². The molecule has 1 aromatic heterocycles. The molecule has 0 saturated heterocycles. The summed E-state index contributed by atoms with van der Waals surface area (Å²) in [7, 11) is 3.00. The fraction of sp³-hybridized carbons (Fsp3) is 0.333. The molecule has 0 spiro atoms. The quantitative estimate of drug-likeness (QED) is 0.154. The van der Waals surface area contributed by atoms with Crippen molar-refractivity contribution in [3.05, 3.63) is 70.0 Å². The van der Waals surface area contributed by atoms with Crippen LogP contribution in [0, 0.1) is 5.92 Å². The Hall–Kier alpha value is -2.99. The molecule has 1 atom stereocenters. The maximum absolute atomic E-state index is 13.2. The van der Waals surface area contributed by atoms with Crippen LogP contribution in [0.3, 0.4) is 0 Å². The normalized spacial score (nSPS) is 13.3. The van der Waals surface area contributed by atoms with E-state index in [1.807, 2.05) is 0 Å². The highest BCUT2D eigenvalue weighted by atomic mass is 35.5. The number of alkyl halides is 2. The first kappa shape index (κ1) is 31.5. The number of nitrogens with one attached hydrogen (secondary N) is 1. The third kappa shape index (κ3) is 8.50. The van der Waals surface area contributed by atoms with Gasteiger partial charge in [-0.3, -0.25) is 0 Å². The minimum atomic E-state index is -3.03. The SMILES string of the molecule is COc1ccc(OC)c(SC(=O)O[C@@H](Cc2c(Cl)c[nH+]cc2Cl)c2ccc(OC(F)F)c(OCC3CC3)c2)c1.[OH-].